The molecule has 1 aromatic heterocycles. The van der Waals surface area contributed by atoms with Crippen molar-refractivity contribution in [2.24, 2.45) is 0 Å². The van der Waals surface area contributed by atoms with Crippen molar-refractivity contribution in [2.45, 2.75) is 26.1 Å². The first-order valence-corrected chi connectivity index (χ1v) is 13.0. The van der Waals surface area contributed by atoms with Crippen molar-refractivity contribution in [1.82, 2.24) is 9.47 Å². The molecule has 212 valence electrons. The topological polar surface area (TPSA) is 72.8 Å². The van der Waals surface area contributed by atoms with Crippen LogP contribution >= 0.6 is 0 Å². The average molecular weight is 564 g/mol. The highest BCUT2D eigenvalue weighted by Gasteiger charge is 2.30. The molecule has 0 atom stereocenters. The number of carbonyl (C=O) groups is 2. The van der Waals surface area contributed by atoms with Gasteiger partial charge in [-0.05, 0) is 61.4 Å². The van der Waals surface area contributed by atoms with Gasteiger partial charge in [-0.25, -0.2) is 0 Å². The maximum absolute atomic E-state index is 13.2. The molecule has 1 aliphatic heterocycles. The van der Waals surface area contributed by atoms with Crippen LogP contribution < -0.4 is 14.8 Å². The fourth-order valence-corrected chi connectivity index (χ4v) is 4.80. The number of amides is 2. The molecule has 7 nitrogen and oxygen atoms in total. The molecule has 41 heavy (non-hydrogen) atoms. The van der Waals surface area contributed by atoms with Crippen molar-refractivity contribution in [2.75, 3.05) is 25.7 Å². The zero-order chi connectivity index (χ0) is 29.1. The average Bonchev–Trinajstić information content (AvgIpc) is 3.56. The van der Waals surface area contributed by atoms with Gasteiger partial charge in [0.15, 0.2) is 11.5 Å². The van der Waals surface area contributed by atoms with E-state index in [4.69, 9.17) is 9.47 Å². The van der Waals surface area contributed by atoms with Crippen molar-refractivity contribution in [3.05, 3.63) is 101 Å². The predicted molar refractivity (Wildman–Crippen MR) is 148 cm³/mol. The standard InChI is InChI=1S/C31H28F3N3O4/c1-20-25(29(38)35-24-11-6-10-23(17-24)31(32,33)34)18-26(21-8-4-3-5-9-21)37(20)15-7-14-36(2)30(39)22-12-13-27-28(16-22)41-19-40-27/h3-6,8-13,16-18H,7,14-15,19H2,1-2H3,(H,35,38). The van der Waals surface area contributed by atoms with Gasteiger partial charge in [0.25, 0.3) is 11.8 Å². The minimum absolute atomic E-state index is 0.0573. The summed E-state index contributed by atoms with van der Waals surface area (Å²) in [7, 11) is 1.72. The fraction of sp³-hybridized carbons (Fsp3) is 0.226. The maximum atomic E-state index is 13.2. The first kappa shape index (κ1) is 27.8. The van der Waals surface area contributed by atoms with Gasteiger partial charge in [-0.3, -0.25) is 9.59 Å². The van der Waals surface area contributed by atoms with Crippen molar-refractivity contribution in [3.63, 3.8) is 0 Å². The molecule has 10 heteroatoms. The molecule has 0 saturated heterocycles. The molecule has 0 spiro atoms. The van der Waals surface area contributed by atoms with Crippen molar-refractivity contribution >= 4 is 17.5 Å². The molecule has 5 rings (SSSR count). The lowest BCUT2D eigenvalue weighted by Gasteiger charge is -2.19. The SMILES string of the molecule is Cc1c(C(=O)Nc2cccc(C(F)(F)F)c2)cc(-c2ccccc2)n1CCCN(C)C(=O)c1ccc2c(c1)OCO2. The number of hydrogen-bond donors (Lipinski definition) is 1. The van der Waals surface area contributed by atoms with E-state index in [-0.39, 0.29) is 18.4 Å². The van der Waals surface area contributed by atoms with Gasteiger partial charge in [0.05, 0.1) is 11.1 Å². The van der Waals surface area contributed by atoms with E-state index >= 15 is 0 Å². The van der Waals surface area contributed by atoms with Crippen LogP contribution in [0.1, 0.15) is 38.4 Å². The summed E-state index contributed by atoms with van der Waals surface area (Å²) in [6.07, 6.45) is -3.92. The van der Waals surface area contributed by atoms with Crippen LogP contribution in [0.15, 0.2) is 78.9 Å². The lowest BCUT2D eigenvalue weighted by Crippen LogP contribution is -2.28. The van der Waals surface area contributed by atoms with E-state index in [0.717, 1.165) is 23.4 Å². The molecule has 1 N–H and O–H groups in total. The van der Waals surface area contributed by atoms with Crippen LogP contribution in [-0.2, 0) is 12.7 Å². The van der Waals surface area contributed by atoms with Crippen LogP contribution in [0.4, 0.5) is 18.9 Å². The highest BCUT2D eigenvalue weighted by molar-refractivity contribution is 6.06. The molecule has 0 unspecified atom stereocenters. The fourth-order valence-electron chi connectivity index (χ4n) is 4.80. The number of nitrogens with one attached hydrogen (secondary N) is 1. The Kier molecular flexibility index (Phi) is 7.74. The van der Waals surface area contributed by atoms with Gasteiger partial charge in [0, 0.05) is 42.8 Å². The van der Waals surface area contributed by atoms with Crippen LogP contribution in [0.2, 0.25) is 0 Å². The molecule has 4 aromatic rings. The number of fused-ring (bicyclic) bond motifs is 1. The second kappa shape index (κ2) is 11.4. The third kappa shape index (κ3) is 6.06. The maximum Gasteiger partial charge on any atom is 0.416 e. The predicted octanol–water partition coefficient (Wildman–Crippen LogP) is 6.63. The Morgan fingerprint density at radius 3 is 2.46 bits per heavy atom. The Hall–Kier alpha value is -4.73. The number of ether oxygens (including phenoxy) is 2. The summed E-state index contributed by atoms with van der Waals surface area (Å²) in [6.45, 7) is 2.88. The number of alkyl halides is 3. The van der Waals surface area contributed by atoms with Crippen LogP contribution in [0.5, 0.6) is 11.5 Å². The molecular formula is C31H28F3N3O4. The minimum atomic E-state index is -4.52. The van der Waals surface area contributed by atoms with E-state index in [2.05, 4.69) is 5.32 Å². The number of rotatable bonds is 8. The second-order valence-electron chi connectivity index (χ2n) is 9.73. The largest absolute Gasteiger partial charge is 0.454 e. The van der Waals surface area contributed by atoms with Gasteiger partial charge < -0.3 is 24.3 Å². The molecular weight excluding hydrogens is 535 g/mol. The number of anilines is 1. The molecule has 1 aliphatic rings. The summed E-state index contributed by atoms with van der Waals surface area (Å²) in [4.78, 5) is 27.8. The summed E-state index contributed by atoms with van der Waals surface area (Å²) in [5.41, 5.74) is 2.41. The lowest BCUT2D eigenvalue weighted by molar-refractivity contribution is -0.137. The summed E-state index contributed by atoms with van der Waals surface area (Å²) in [5.74, 6) is 0.481. The van der Waals surface area contributed by atoms with Gasteiger partial charge in [0.1, 0.15) is 0 Å². The molecule has 0 aliphatic carbocycles. The van der Waals surface area contributed by atoms with Crippen LogP contribution in [0, 0.1) is 6.92 Å². The van der Waals surface area contributed by atoms with Crippen molar-refractivity contribution < 1.29 is 32.2 Å². The van der Waals surface area contributed by atoms with E-state index in [1.165, 1.54) is 12.1 Å². The molecule has 0 saturated carbocycles. The third-order valence-electron chi connectivity index (χ3n) is 6.97. The Morgan fingerprint density at radius 2 is 1.71 bits per heavy atom. The summed E-state index contributed by atoms with van der Waals surface area (Å²) in [5, 5.41) is 2.60. The lowest BCUT2D eigenvalue weighted by atomic mass is 10.1. The molecule has 3 aromatic carbocycles. The summed E-state index contributed by atoms with van der Waals surface area (Å²) < 4.78 is 52.2. The molecule has 0 bridgehead atoms. The van der Waals surface area contributed by atoms with Gasteiger partial charge in [-0.1, -0.05) is 36.4 Å². The molecule has 2 heterocycles. The number of benzene rings is 3. The van der Waals surface area contributed by atoms with Gasteiger partial charge >= 0.3 is 6.18 Å². The molecule has 2 amide bonds. The Balaban J connectivity index is 1.33. The zero-order valence-electron chi connectivity index (χ0n) is 22.5. The summed E-state index contributed by atoms with van der Waals surface area (Å²) >= 11 is 0. The Bertz CT molecular complexity index is 1580. The quantitative estimate of drug-likeness (QED) is 0.261. The van der Waals surface area contributed by atoms with Gasteiger partial charge in [-0.15, -0.1) is 0 Å². The number of halogens is 3. The Labute approximate surface area is 235 Å². The van der Waals surface area contributed by atoms with E-state index in [9.17, 15) is 22.8 Å². The van der Waals surface area contributed by atoms with Gasteiger partial charge in [-0.2, -0.15) is 13.2 Å². The number of nitrogens with zero attached hydrogens (tertiary/aromatic N) is 2. The summed E-state index contributed by atoms with van der Waals surface area (Å²) in [6, 6.07) is 20.9. The van der Waals surface area contributed by atoms with E-state index < -0.39 is 17.6 Å². The smallest absolute Gasteiger partial charge is 0.416 e. The second-order valence-corrected chi connectivity index (χ2v) is 9.73. The van der Waals surface area contributed by atoms with Crippen LogP contribution in [0.3, 0.4) is 0 Å². The zero-order valence-corrected chi connectivity index (χ0v) is 22.5. The number of hydrogen-bond acceptors (Lipinski definition) is 4. The molecule has 0 fully saturated rings. The number of aromatic nitrogens is 1. The van der Waals surface area contributed by atoms with Crippen LogP contribution in [-0.4, -0.2) is 41.7 Å². The van der Waals surface area contributed by atoms with Crippen molar-refractivity contribution in [1.29, 1.82) is 0 Å². The van der Waals surface area contributed by atoms with Gasteiger partial charge in [0.2, 0.25) is 6.79 Å². The van der Waals surface area contributed by atoms with E-state index in [1.54, 1.807) is 43.1 Å². The van der Waals surface area contributed by atoms with Crippen molar-refractivity contribution in [3.8, 4) is 22.8 Å². The highest BCUT2D eigenvalue weighted by Crippen LogP contribution is 2.33. The van der Waals surface area contributed by atoms with Crippen LogP contribution in [0.25, 0.3) is 11.3 Å². The number of carbonyl (C=O) groups excluding carboxylic acids is 2. The molecule has 0 radical (unpaired) electrons. The highest BCUT2D eigenvalue weighted by atomic mass is 19.4. The first-order chi connectivity index (χ1) is 19.6. The monoisotopic (exact) mass is 563 g/mol. The van der Waals surface area contributed by atoms with E-state index in [1.807, 2.05) is 34.9 Å². The first-order valence-electron chi connectivity index (χ1n) is 13.0. The Morgan fingerprint density at radius 1 is 0.951 bits per heavy atom. The normalized spacial score (nSPS) is 12.3. The minimum Gasteiger partial charge on any atom is -0.454 e. The third-order valence-corrected chi connectivity index (χ3v) is 6.97. The van der Waals surface area contributed by atoms with E-state index in [0.29, 0.717) is 47.8 Å².